The van der Waals surface area contributed by atoms with Crippen molar-refractivity contribution in [1.29, 1.82) is 0 Å². The smallest absolute Gasteiger partial charge is 0.0707 e. The lowest BCUT2D eigenvalue weighted by Crippen LogP contribution is -2.43. The van der Waals surface area contributed by atoms with E-state index in [9.17, 15) is 5.11 Å². The van der Waals surface area contributed by atoms with Gasteiger partial charge in [-0.05, 0) is 26.2 Å². The summed E-state index contributed by atoms with van der Waals surface area (Å²) in [7, 11) is 0. The van der Waals surface area contributed by atoms with Gasteiger partial charge in [-0.3, -0.25) is 4.90 Å². The number of fused-ring (bicyclic) bond motifs is 2. The lowest BCUT2D eigenvalue weighted by molar-refractivity contribution is -0.0409. The molecule has 3 unspecified atom stereocenters. The summed E-state index contributed by atoms with van der Waals surface area (Å²) in [5, 5.41) is 9.17. The first-order valence-electron chi connectivity index (χ1n) is 5.30. The Hall–Kier alpha value is -0.120. The first-order valence-corrected chi connectivity index (χ1v) is 5.30. The molecule has 2 aliphatic rings. The van der Waals surface area contributed by atoms with E-state index in [1.165, 1.54) is 12.8 Å². The van der Waals surface area contributed by atoms with Crippen molar-refractivity contribution in [2.24, 2.45) is 0 Å². The fraction of sp³-hybridized carbons (Fsp3) is 1.00. The molecule has 13 heavy (non-hydrogen) atoms. The summed E-state index contributed by atoms with van der Waals surface area (Å²) in [6, 6.07) is 0. The minimum atomic E-state index is -0.166. The average Bonchev–Trinajstić information content (AvgIpc) is 2.42. The molecule has 0 amide bonds. The fourth-order valence-corrected chi connectivity index (χ4v) is 2.25. The van der Waals surface area contributed by atoms with Crippen LogP contribution in [0.2, 0.25) is 0 Å². The minimum absolute atomic E-state index is 0.166. The van der Waals surface area contributed by atoms with Crippen molar-refractivity contribution in [3.63, 3.8) is 0 Å². The van der Waals surface area contributed by atoms with Gasteiger partial charge < -0.3 is 9.84 Å². The number of aliphatic hydroxyl groups is 1. The highest BCUT2D eigenvalue weighted by Crippen LogP contribution is 2.26. The molecule has 0 radical (unpaired) electrons. The Kier molecular flexibility index (Phi) is 2.86. The van der Waals surface area contributed by atoms with Gasteiger partial charge in [-0.15, -0.1) is 0 Å². The van der Waals surface area contributed by atoms with E-state index in [4.69, 9.17) is 4.74 Å². The van der Waals surface area contributed by atoms with Gasteiger partial charge in [0.15, 0.2) is 0 Å². The van der Waals surface area contributed by atoms with E-state index in [0.717, 1.165) is 26.1 Å². The quantitative estimate of drug-likeness (QED) is 0.699. The van der Waals surface area contributed by atoms with Crippen LogP contribution in [0.15, 0.2) is 0 Å². The van der Waals surface area contributed by atoms with Crippen LogP contribution >= 0.6 is 0 Å². The molecule has 3 nitrogen and oxygen atoms in total. The Morgan fingerprint density at radius 1 is 1.38 bits per heavy atom. The third kappa shape index (κ3) is 2.42. The van der Waals surface area contributed by atoms with Crippen molar-refractivity contribution >= 4 is 0 Å². The Morgan fingerprint density at radius 2 is 2.00 bits per heavy atom. The van der Waals surface area contributed by atoms with Crippen molar-refractivity contribution < 1.29 is 9.84 Å². The zero-order valence-corrected chi connectivity index (χ0v) is 8.28. The number of morpholine rings is 1. The molecule has 2 heterocycles. The Labute approximate surface area is 79.7 Å². The van der Waals surface area contributed by atoms with E-state index < -0.39 is 0 Å². The van der Waals surface area contributed by atoms with E-state index in [1.54, 1.807) is 0 Å². The number of hydrogen-bond acceptors (Lipinski definition) is 3. The van der Waals surface area contributed by atoms with Gasteiger partial charge in [0.05, 0.1) is 18.3 Å². The van der Waals surface area contributed by atoms with Gasteiger partial charge in [-0.25, -0.2) is 0 Å². The van der Waals surface area contributed by atoms with Crippen LogP contribution in [0.1, 0.15) is 26.2 Å². The molecule has 2 fully saturated rings. The molecule has 1 N–H and O–H groups in total. The minimum Gasteiger partial charge on any atom is -0.393 e. The van der Waals surface area contributed by atoms with E-state index in [0.29, 0.717) is 12.2 Å². The maximum Gasteiger partial charge on any atom is 0.0707 e. The maximum atomic E-state index is 9.17. The summed E-state index contributed by atoms with van der Waals surface area (Å²) in [5.41, 5.74) is 0. The highest BCUT2D eigenvalue weighted by Gasteiger charge is 2.33. The highest BCUT2D eigenvalue weighted by atomic mass is 16.5. The molecule has 0 saturated carbocycles. The predicted molar refractivity (Wildman–Crippen MR) is 50.6 cm³/mol. The molecule has 3 atom stereocenters. The van der Waals surface area contributed by atoms with Gasteiger partial charge in [-0.2, -0.15) is 0 Å². The molecule has 2 rings (SSSR count). The molecule has 2 saturated heterocycles. The van der Waals surface area contributed by atoms with Crippen LogP contribution in [-0.4, -0.2) is 48.0 Å². The summed E-state index contributed by atoms with van der Waals surface area (Å²) < 4.78 is 5.73. The largest absolute Gasteiger partial charge is 0.393 e. The number of rotatable bonds is 3. The van der Waals surface area contributed by atoms with E-state index >= 15 is 0 Å². The SMILES string of the molecule is CC(O)CCN1CC2CCC(C1)O2. The number of hydrogen-bond donors (Lipinski definition) is 1. The van der Waals surface area contributed by atoms with E-state index in [-0.39, 0.29) is 6.10 Å². The van der Waals surface area contributed by atoms with Crippen LogP contribution in [0, 0.1) is 0 Å². The van der Waals surface area contributed by atoms with Crippen molar-refractivity contribution in [3.8, 4) is 0 Å². The molecule has 0 aromatic rings. The van der Waals surface area contributed by atoms with Gasteiger partial charge in [0.1, 0.15) is 0 Å². The zero-order valence-electron chi connectivity index (χ0n) is 8.28. The Bertz CT molecular complexity index is 160. The van der Waals surface area contributed by atoms with Crippen LogP contribution in [0.4, 0.5) is 0 Å². The molecule has 0 aromatic heterocycles. The topological polar surface area (TPSA) is 32.7 Å². The molecule has 0 aliphatic carbocycles. The number of aliphatic hydroxyl groups excluding tert-OH is 1. The van der Waals surface area contributed by atoms with Crippen molar-refractivity contribution in [2.75, 3.05) is 19.6 Å². The van der Waals surface area contributed by atoms with Crippen molar-refractivity contribution in [1.82, 2.24) is 4.90 Å². The fourth-order valence-electron chi connectivity index (χ4n) is 2.25. The molecule has 0 aromatic carbocycles. The van der Waals surface area contributed by atoms with Gasteiger partial charge >= 0.3 is 0 Å². The van der Waals surface area contributed by atoms with Crippen molar-refractivity contribution in [2.45, 2.75) is 44.5 Å². The predicted octanol–water partition coefficient (Wildman–Crippen LogP) is 0.620. The molecular weight excluding hydrogens is 166 g/mol. The van der Waals surface area contributed by atoms with Gasteiger partial charge in [0.2, 0.25) is 0 Å². The number of ether oxygens (including phenoxy) is 1. The van der Waals surface area contributed by atoms with Crippen LogP contribution in [0.25, 0.3) is 0 Å². The molecule has 76 valence electrons. The second-order valence-corrected chi connectivity index (χ2v) is 4.35. The summed E-state index contributed by atoms with van der Waals surface area (Å²) in [5.74, 6) is 0. The van der Waals surface area contributed by atoms with Gasteiger partial charge in [0.25, 0.3) is 0 Å². The van der Waals surface area contributed by atoms with Crippen LogP contribution < -0.4 is 0 Å². The number of nitrogens with zero attached hydrogens (tertiary/aromatic N) is 1. The normalized spacial score (nSPS) is 36.5. The molecule has 0 spiro atoms. The summed E-state index contributed by atoms with van der Waals surface area (Å²) in [6.45, 7) is 5.02. The highest BCUT2D eigenvalue weighted by molar-refractivity contribution is 4.84. The van der Waals surface area contributed by atoms with E-state index in [2.05, 4.69) is 4.90 Å². The zero-order chi connectivity index (χ0) is 9.26. The molecule has 2 bridgehead atoms. The van der Waals surface area contributed by atoms with E-state index in [1.807, 2.05) is 6.92 Å². The summed E-state index contributed by atoms with van der Waals surface area (Å²) in [4.78, 5) is 2.43. The molecule has 3 heteroatoms. The second kappa shape index (κ2) is 3.95. The average molecular weight is 185 g/mol. The van der Waals surface area contributed by atoms with Crippen molar-refractivity contribution in [3.05, 3.63) is 0 Å². The first kappa shape index (κ1) is 9.44. The first-order chi connectivity index (χ1) is 6.24. The molecule has 2 aliphatic heterocycles. The van der Waals surface area contributed by atoms with Gasteiger partial charge in [-0.1, -0.05) is 0 Å². The maximum absolute atomic E-state index is 9.17. The number of likely N-dealkylation sites (tertiary alicyclic amines) is 1. The monoisotopic (exact) mass is 185 g/mol. The lowest BCUT2D eigenvalue weighted by atomic mass is 10.2. The second-order valence-electron chi connectivity index (χ2n) is 4.35. The van der Waals surface area contributed by atoms with Crippen LogP contribution in [0.3, 0.4) is 0 Å². The Morgan fingerprint density at radius 3 is 2.54 bits per heavy atom. The Balaban J connectivity index is 1.75. The summed E-state index contributed by atoms with van der Waals surface area (Å²) in [6.07, 6.45) is 4.14. The summed E-state index contributed by atoms with van der Waals surface area (Å²) >= 11 is 0. The van der Waals surface area contributed by atoms with Gasteiger partial charge in [0, 0.05) is 19.6 Å². The lowest BCUT2D eigenvalue weighted by Gasteiger charge is -2.32. The molecular formula is C10H19NO2. The third-order valence-corrected chi connectivity index (χ3v) is 2.98. The third-order valence-electron chi connectivity index (χ3n) is 2.98. The van der Waals surface area contributed by atoms with Crippen LogP contribution in [-0.2, 0) is 4.74 Å². The van der Waals surface area contributed by atoms with Crippen LogP contribution in [0.5, 0.6) is 0 Å². The standard InChI is InChI=1S/C10H19NO2/c1-8(12)4-5-11-6-9-2-3-10(7-11)13-9/h8-10,12H,2-7H2,1H3.